The molecule has 0 saturated carbocycles. The van der Waals surface area contributed by atoms with E-state index in [9.17, 15) is 18.0 Å². The van der Waals surface area contributed by atoms with Gasteiger partial charge in [-0.1, -0.05) is 0 Å². The molecule has 0 aromatic rings. The predicted octanol–water partition coefficient (Wildman–Crippen LogP) is -0.800. The predicted molar refractivity (Wildman–Crippen MR) is 74.6 cm³/mol. The number of amides is 1. The van der Waals surface area contributed by atoms with E-state index in [-0.39, 0.29) is 23.7 Å². The van der Waals surface area contributed by atoms with Crippen molar-refractivity contribution in [3.63, 3.8) is 0 Å². The van der Waals surface area contributed by atoms with E-state index in [1.165, 1.54) is 11.8 Å². The van der Waals surface area contributed by atoms with Crippen molar-refractivity contribution in [1.82, 2.24) is 0 Å². The topological polar surface area (TPSA) is 141 Å². The molecule has 7 nitrogen and oxygen atoms in total. The summed E-state index contributed by atoms with van der Waals surface area (Å²) in [4.78, 5) is 21.3. The first kappa shape index (κ1) is 18.2. The molecule has 0 fully saturated rings. The summed E-state index contributed by atoms with van der Waals surface area (Å²) >= 11 is 1.18. The molecule has 0 bridgehead atoms. The molecule has 0 saturated heterocycles. The smallest absolute Gasteiger partial charge is 0.321 e. The average Bonchev–Trinajstić information content (AvgIpc) is 2.24. The molecule has 0 aromatic heterocycles. The Morgan fingerprint density at radius 2 is 1.84 bits per heavy atom. The molecule has 0 rings (SSSR count). The lowest BCUT2D eigenvalue weighted by atomic mass is 10.1. The number of aliphatic carboxylic acids is 1. The van der Waals surface area contributed by atoms with Crippen molar-refractivity contribution in [2.24, 2.45) is 11.5 Å². The first-order chi connectivity index (χ1) is 8.48. The number of carboxylic acid groups (broad SMARTS) is 1. The van der Waals surface area contributed by atoms with Crippen LogP contribution in [-0.4, -0.2) is 53.4 Å². The van der Waals surface area contributed by atoms with E-state index in [0.29, 0.717) is 0 Å². The van der Waals surface area contributed by atoms with Crippen LogP contribution in [0.15, 0.2) is 0 Å². The van der Waals surface area contributed by atoms with Gasteiger partial charge < -0.3 is 16.6 Å². The molecule has 19 heavy (non-hydrogen) atoms. The fraction of sp³-hybridized carbons (Fsp3) is 0.800. The molecular formula is C10H20N2O5S2. The highest BCUT2D eigenvalue weighted by Gasteiger charge is 2.32. The van der Waals surface area contributed by atoms with Crippen molar-refractivity contribution in [2.45, 2.75) is 31.1 Å². The Morgan fingerprint density at radius 1 is 1.32 bits per heavy atom. The molecule has 0 radical (unpaired) electrons. The lowest BCUT2D eigenvalue weighted by Crippen LogP contribution is -2.47. The van der Waals surface area contributed by atoms with Crippen LogP contribution in [0.2, 0.25) is 0 Å². The zero-order chi connectivity index (χ0) is 15.3. The minimum atomic E-state index is -3.35. The maximum absolute atomic E-state index is 11.6. The molecule has 0 aromatic carbocycles. The Labute approximate surface area is 117 Å². The van der Waals surface area contributed by atoms with E-state index in [4.69, 9.17) is 16.6 Å². The van der Waals surface area contributed by atoms with Crippen LogP contribution in [0.1, 0.15) is 20.3 Å². The van der Waals surface area contributed by atoms with E-state index in [1.54, 1.807) is 13.8 Å². The van der Waals surface area contributed by atoms with E-state index >= 15 is 0 Å². The second-order valence-electron chi connectivity index (χ2n) is 4.64. The average molecular weight is 312 g/mol. The molecule has 0 spiro atoms. The molecular weight excluding hydrogens is 292 g/mol. The van der Waals surface area contributed by atoms with Crippen molar-refractivity contribution in [3.8, 4) is 0 Å². The summed E-state index contributed by atoms with van der Waals surface area (Å²) in [5.41, 5.74) is 10.4. The Balaban J connectivity index is 4.29. The molecule has 0 aliphatic heterocycles. The Morgan fingerprint density at radius 3 is 2.26 bits per heavy atom. The van der Waals surface area contributed by atoms with Gasteiger partial charge in [-0.15, -0.1) is 0 Å². The molecule has 0 heterocycles. The quantitative estimate of drug-likeness (QED) is 0.506. The van der Waals surface area contributed by atoms with Gasteiger partial charge in [0.2, 0.25) is 5.91 Å². The van der Waals surface area contributed by atoms with Gasteiger partial charge in [-0.2, -0.15) is 11.8 Å². The summed E-state index contributed by atoms with van der Waals surface area (Å²) in [5.74, 6) is -2.00. The molecule has 0 unspecified atom stereocenters. The number of sulfone groups is 1. The normalized spacial score (nSPS) is 14.1. The fourth-order valence-electron chi connectivity index (χ4n) is 1.18. The van der Waals surface area contributed by atoms with Gasteiger partial charge in [-0.3, -0.25) is 9.59 Å². The van der Waals surface area contributed by atoms with E-state index in [1.807, 2.05) is 0 Å². The highest BCUT2D eigenvalue weighted by atomic mass is 32.2. The third-order valence-electron chi connectivity index (χ3n) is 2.54. The number of carbonyl (C=O) groups excluding carboxylic acids is 1. The van der Waals surface area contributed by atoms with Crippen LogP contribution < -0.4 is 11.5 Å². The number of carboxylic acids is 1. The number of nitrogens with two attached hydrogens (primary N) is 2. The fourth-order valence-corrected chi connectivity index (χ4v) is 4.05. The van der Waals surface area contributed by atoms with Crippen LogP contribution >= 0.6 is 11.8 Å². The highest BCUT2D eigenvalue weighted by molar-refractivity contribution is 8.01. The molecule has 0 aliphatic carbocycles. The van der Waals surface area contributed by atoms with E-state index in [0.717, 1.165) is 0 Å². The third-order valence-corrected chi connectivity index (χ3v) is 5.86. The molecule has 0 aliphatic rings. The SMILES string of the molecule is CC(C)(SCCS(=O)(=O)CCC(N)=O)[C@@H](N)C(=O)O. The zero-order valence-electron chi connectivity index (χ0n) is 11.0. The van der Waals surface area contributed by atoms with Crippen molar-refractivity contribution in [2.75, 3.05) is 17.3 Å². The standard InChI is InChI=1S/C10H20N2O5S2/c1-10(2,8(12)9(14)15)18-4-6-19(16,17)5-3-7(11)13/h8H,3-6,12H2,1-2H3,(H2,11,13)(H,14,15)/t8-/m0/s1. The Bertz CT molecular complexity index is 433. The van der Waals surface area contributed by atoms with Crippen LogP contribution in [0.25, 0.3) is 0 Å². The number of hydrogen-bond donors (Lipinski definition) is 3. The summed E-state index contributed by atoms with van der Waals surface area (Å²) in [6, 6.07) is -1.08. The lowest BCUT2D eigenvalue weighted by molar-refractivity contribution is -0.139. The number of thioether (sulfide) groups is 1. The lowest BCUT2D eigenvalue weighted by Gasteiger charge is -2.27. The van der Waals surface area contributed by atoms with Gasteiger partial charge in [0.05, 0.1) is 11.5 Å². The van der Waals surface area contributed by atoms with Crippen LogP contribution in [0.5, 0.6) is 0 Å². The minimum Gasteiger partial charge on any atom is -0.480 e. The summed E-state index contributed by atoms with van der Waals surface area (Å²) in [6.45, 7) is 3.29. The molecule has 9 heteroatoms. The van der Waals surface area contributed by atoms with Gasteiger partial charge in [-0.05, 0) is 13.8 Å². The minimum absolute atomic E-state index is 0.138. The van der Waals surface area contributed by atoms with Crippen molar-refractivity contribution < 1.29 is 23.1 Å². The van der Waals surface area contributed by atoms with Crippen LogP contribution in [0.3, 0.4) is 0 Å². The van der Waals surface area contributed by atoms with Gasteiger partial charge in [0, 0.05) is 16.9 Å². The number of rotatable bonds is 9. The van der Waals surface area contributed by atoms with Crippen molar-refractivity contribution >= 4 is 33.5 Å². The largest absolute Gasteiger partial charge is 0.480 e. The summed E-state index contributed by atoms with van der Waals surface area (Å²) < 4.78 is 22.3. The number of primary amides is 1. The summed E-state index contributed by atoms with van der Waals surface area (Å²) in [7, 11) is -3.35. The molecule has 112 valence electrons. The van der Waals surface area contributed by atoms with E-state index in [2.05, 4.69) is 0 Å². The van der Waals surface area contributed by atoms with Gasteiger partial charge in [0.25, 0.3) is 0 Å². The summed E-state index contributed by atoms with van der Waals surface area (Å²) in [6.07, 6.45) is -0.203. The van der Waals surface area contributed by atoms with Gasteiger partial charge in [0.15, 0.2) is 9.84 Å². The van der Waals surface area contributed by atoms with Gasteiger partial charge >= 0.3 is 5.97 Å². The van der Waals surface area contributed by atoms with Crippen LogP contribution in [-0.2, 0) is 19.4 Å². The molecule has 5 N–H and O–H groups in total. The zero-order valence-corrected chi connectivity index (χ0v) is 12.6. The maximum atomic E-state index is 11.6. The van der Waals surface area contributed by atoms with E-state index < -0.39 is 32.5 Å². The van der Waals surface area contributed by atoms with Gasteiger partial charge in [0.1, 0.15) is 6.04 Å². The molecule has 1 atom stereocenters. The number of hydrogen-bond acceptors (Lipinski definition) is 6. The first-order valence-electron chi connectivity index (χ1n) is 5.59. The van der Waals surface area contributed by atoms with Crippen molar-refractivity contribution in [1.29, 1.82) is 0 Å². The van der Waals surface area contributed by atoms with Crippen LogP contribution in [0.4, 0.5) is 0 Å². The second-order valence-corrected chi connectivity index (χ2v) is 8.69. The first-order valence-corrected chi connectivity index (χ1v) is 8.40. The Hall–Kier alpha value is -0.800. The van der Waals surface area contributed by atoms with Crippen molar-refractivity contribution in [3.05, 3.63) is 0 Å². The van der Waals surface area contributed by atoms with Crippen LogP contribution in [0, 0.1) is 0 Å². The number of carbonyl (C=O) groups is 2. The third kappa shape index (κ3) is 7.38. The highest BCUT2D eigenvalue weighted by Crippen LogP contribution is 2.27. The monoisotopic (exact) mass is 312 g/mol. The second kappa shape index (κ2) is 7.11. The Kier molecular flexibility index (Phi) is 6.81. The molecule has 1 amide bonds. The maximum Gasteiger partial charge on any atom is 0.321 e. The summed E-state index contributed by atoms with van der Waals surface area (Å²) in [5, 5.41) is 8.81. The van der Waals surface area contributed by atoms with Gasteiger partial charge in [-0.25, -0.2) is 8.42 Å².